The summed E-state index contributed by atoms with van der Waals surface area (Å²) in [6.45, 7) is 4.57. The van der Waals surface area contributed by atoms with Gasteiger partial charge in [0.1, 0.15) is 23.8 Å². The van der Waals surface area contributed by atoms with Crippen molar-refractivity contribution in [1.29, 1.82) is 0 Å². The number of ether oxygens (including phenoxy) is 1. The predicted molar refractivity (Wildman–Crippen MR) is 112 cm³/mol. The van der Waals surface area contributed by atoms with E-state index in [1.165, 1.54) is 24.0 Å². The summed E-state index contributed by atoms with van der Waals surface area (Å²) in [5.41, 5.74) is 1.93. The molecule has 0 radical (unpaired) electrons. The Hall–Kier alpha value is -3.19. The highest BCUT2D eigenvalue weighted by molar-refractivity contribution is 6.00. The number of carbonyl (C=O) groups is 2. The maximum Gasteiger partial charge on any atom is 0.270 e. The Morgan fingerprint density at radius 3 is 2.50 bits per heavy atom. The molecule has 0 aromatic heterocycles. The normalized spacial score (nSPS) is 15.0. The van der Waals surface area contributed by atoms with Crippen molar-refractivity contribution in [2.45, 2.75) is 13.5 Å². The number of methoxy groups -OCH3 is 1. The third kappa shape index (κ3) is 5.67. The first kappa shape index (κ1) is 21.5. The molecule has 1 fully saturated rings. The second kappa shape index (κ2) is 10.0. The number of nitrogens with one attached hydrogen (secondary N) is 2. The van der Waals surface area contributed by atoms with E-state index >= 15 is 0 Å². The van der Waals surface area contributed by atoms with Crippen molar-refractivity contribution in [2.24, 2.45) is 0 Å². The summed E-state index contributed by atoms with van der Waals surface area (Å²) >= 11 is 0. The molecule has 0 aliphatic carbocycles. The minimum Gasteiger partial charge on any atom is -0.496 e. The number of hydrogen-bond acceptors (Lipinski definition) is 3. The quantitative estimate of drug-likeness (QED) is 0.702. The molecular weight excluding hydrogens is 385 g/mol. The molecule has 2 N–H and O–H groups in total. The van der Waals surface area contributed by atoms with Crippen molar-refractivity contribution in [2.75, 3.05) is 33.3 Å². The molecule has 2 aromatic carbocycles. The van der Waals surface area contributed by atoms with Gasteiger partial charge in [-0.25, -0.2) is 4.39 Å². The molecule has 6 nitrogen and oxygen atoms in total. The van der Waals surface area contributed by atoms with Crippen LogP contribution in [0.5, 0.6) is 5.75 Å². The number of quaternary nitrogens is 1. The van der Waals surface area contributed by atoms with Crippen LogP contribution >= 0.6 is 0 Å². The van der Waals surface area contributed by atoms with Gasteiger partial charge in [-0.3, -0.25) is 9.59 Å². The van der Waals surface area contributed by atoms with Gasteiger partial charge in [0.15, 0.2) is 0 Å². The highest BCUT2D eigenvalue weighted by Gasteiger charge is 2.27. The molecule has 1 aliphatic heterocycles. The molecule has 2 amide bonds. The highest BCUT2D eigenvalue weighted by Crippen LogP contribution is 2.18. The number of benzene rings is 2. The van der Waals surface area contributed by atoms with Crippen LogP contribution in [-0.4, -0.2) is 50.0 Å². The molecule has 0 atom stereocenters. The maximum atomic E-state index is 13.6. The van der Waals surface area contributed by atoms with E-state index < -0.39 is 0 Å². The fourth-order valence-corrected chi connectivity index (χ4v) is 3.58. The first-order valence-electron chi connectivity index (χ1n) is 9.96. The van der Waals surface area contributed by atoms with Crippen LogP contribution in [-0.2, 0) is 16.1 Å². The lowest BCUT2D eigenvalue weighted by molar-refractivity contribution is -0.917. The summed E-state index contributed by atoms with van der Waals surface area (Å²) in [4.78, 5) is 27.6. The van der Waals surface area contributed by atoms with Gasteiger partial charge in [0, 0.05) is 6.92 Å². The van der Waals surface area contributed by atoms with Gasteiger partial charge in [-0.05, 0) is 29.8 Å². The summed E-state index contributed by atoms with van der Waals surface area (Å²) in [6, 6.07) is 13.9. The average molecular weight is 412 g/mol. The van der Waals surface area contributed by atoms with Crippen molar-refractivity contribution in [1.82, 2.24) is 10.2 Å². The van der Waals surface area contributed by atoms with Crippen LogP contribution in [0.1, 0.15) is 18.1 Å². The SMILES string of the molecule is COc1ccc(F)cc1C[NH+]1CCN(C(=O)/C(=C/c2ccccc2)NC(C)=O)CC1. The average Bonchev–Trinajstić information content (AvgIpc) is 2.74. The standard InChI is InChI=1S/C23H26FN3O3/c1-17(28)25-21(14-18-6-4-3-5-7-18)23(29)27-12-10-26(11-13-27)16-19-15-20(24)8-9-22(19)30-2/h3-9,14-15H,10-13,16H2,1-2H3,(H,25,28)/p+1/b21-14-. The van der Waals surface area contributed by atoms with Gasteiger partial charge < -0.3 is 19.9 Å². The molecule has 2 aromatic rings. The molecule has 1 saturated heterocycles. The van der Waals surface area contributed by atoms with E-state index in [4.69, 9.17) is 4.74 Å². The minimum atomic E-state index is -0.287. The van der Waals surface area contributed by atoms with Crippen molar-refractivity contribution < 1.29 is 23.6 Å². The largest absolute Gasteiger partial charge is 0.496 e. The van der Waals surface area contributed by atoms with E-state index in [-0.39, 0.29) is 23.3 Å². The van der Waals surface area contributed by atoms with Gasteiger partial charge in [-0.1, -0.05) is 30.3 Å². The molecule has 0 saturated carbocycles. The molecule has 0 spiro atoms. The first-order chi connectivity index (χ1) is 14.5. The third-order valence-corrected chi connectivity index (χ3v) is 5.09. The van der Waals surface area contributed by atoms with Crippen molar-refractivity contribution in [3.05, 3.63) is 71.2 Å². The Balaban J connectivity index is 1.65. The van der Waals surface area contributed by atoms with Crippen LogP contribution in [0, 0.1) is 5.82 Å². The molecule has 0 unspecified atom stereocenters. The molecule has 0 bridgehead atoms. The molecular formula is C23H27FN3O3+. The van der Waals surface area contributed by atoms with Crippen LogP contribution in [0.2, 0.25) is 0 Å². The number of amides is 2. The Labute approximate surface area is 175 Å². The molecule has 7 heteroatoms. The number of halogens is 1. The number of nitrogens with zero attached hydrogens (tertiary/aromatic N) is 1. The van der Waals surface area contributed by atoms with E-state index in [2.05, 4.69) is 5.32 Å². The lowest BCUT2D eigenvalue weighted by Crippen LogP contribution is -3.13. The fraction of sp³-hybridized carbons (Fsp3) is 0.304. The molecule has 1 aliphatic rings. The first-order valence-corrected chi connectivity index (χ1v) is 9.96. The second-order valence-electron chi connectivity index (χ2n) is 7.33. The van der Waals surface area contributed by atoms with E-state index in [0.717, 1.165) is 24.2 Å². The number of hydrogen-bond donors (Lipinski definition) is 2. The molecule has 30 heavy (non-hydrogen) atoms. The molecule has 1 heterocycles. The van der Waals surface area contributed by atoms with Crippen molar-refractivity contribution in [3.63, 3.8) is 0 Å². The number of rotatable bonds is 6. The molecule has 3 rings (SSSR count). The summed E-state index contributed by atoms with van der Waals surface area (Å²) < 4.78 is 19.0. The summed E-state index contributed by atoms with van der Waals surface area (Å²) in [6.07, 6.45) is 1.70. The van der Waals surface area contributed by atoms with Gasteiger partial charge in [-0.15, -0.1) is 0 Å². The van der Waals surface area contributed by atoms with Crippen LogP contribution < -0.4 is 15.0 Å². The minimum absolute atomic E-state index is 0.198. The van der Waals surface area contributed by atoms with Gasteiger partial charge in [-0.2, -0.15) is 0 Å². The highest BCUT2D eigenvalue weighted by atomic mass is 19.1. The lowest BCUT2D eigenvalue weighted by Gasteiger charge is -2.33. The zero-order valence-corrected chi connectivity index (χ0v) is 17.3. The second-order valence-corrected chi connectivity index (χ2v) is 7.33. The van der Waals surface area contributed by atoms with Gasteiger partial charge in [0.25, 0.3) is 5.91 Å². The van der Waals surface area contributed by atoms with Gasteiger partial charge in [0.2, 0.25) is 5.91 Å². The zero-order chi connectivity index (χ0) is 21.5. The Kier molecular flexibility index (Phi) is 7.19. The maximum absolute atomic E-state index is 13.6. The van der Waals surface area contributed by atoms with Gasteiger partial charge >= 0.3 is 0 Å². The van der Waals surface area contributed by atoms with Crippen LogP contribution in [0.15, 0.2) is 54.2 Å². The van der Waals surface area contributed by atoms with Gasteiger partial charge in [0.05, 0.1) is 38.9 Å². The van der Waals surface area contributed by atoms with Crippen molar-refractivity contribution in [3.8, 4) is 5.75 Å². The number of piperazine rings is 1. The third-order valence-electron chi connectivity index (χ3n) is 5.09. The van der Waals surface area contributed by atoms with E-state index in [9.17, 15) is 14.0 Å². The molecule has 158 valence electrons. The fourth-order valence-electron chi connectivity index (χ4n) is 3.58. The van der Waals surface area contributed by atoms with E-state index in [0.29, 0.717) is 25.4 Å². The lowest BCUT2D eigenvalue weighted by atomic mass is 10.1. The van der Waals surface area contributed by atoms with Crippen LogP contribution in [0.4, 0.5) is 4.39 Å². The topological polar surface area (TPSA) is 63.1 Å². The summed E-state index contributed by atoms with van der Waals surface area (Å²) in [5.74, 6) is -0.101. The van der Waals surface area contributed by atoms with Crippen LogP contribution in [0.25, 0.3) is 6.08 Å². The van der Waals surface area contributed by atoms with E-state index in [1.807, 2.05) is 30.3 Å². The monoisotopic (exact) mass is 412 g/mol. The Morgan fingerprint density at radius 2 is 1.87 bits per heavy atom. The predicted octanol–water partition coefficient (Wildman–Crippen LogP) is 1.24. The van der Waals surface area contributed by atoms with Crippen LogP contribution in [0.3, 0.4) is 0 Å². The van der Waals surface area contributed by atoms with Crippen molar-refractivity contribution >= 4 is 17.9 Å². The smallest absolute Gasteiger partial charge is 0.270 e. The zero-order valence-electron chi connectivity index (χ0n) is 17.3. The number of carbonyl (C=O) groups excluding carboxylic acids is 2. The Bertz CT molecular complexity index is 923. The summed E-state index contributed by atoms with van der Waals surface area (Å²) in [5, 5.41) is 2.66. The Morgan fingerprint density at radius 1 is 1.17 bits per heavy atom. The van der Waals surface area contributed by atoms with E-state index in [1.54, 1.807) is 24.2 Å². The summed E-state index contributed by atoms with van der Waals surface area (Å²) in [7, 11) is 1.57.